The molecule has 0 saturated heterocycles. The van der Waals surface area contributed by atoms with Gasteiger partial charge in [-0.15, -0.1) is 0 Å². The van der Waals surface area contributed by atoms with Gasteiger partial charge in [-0.1, -0.05) is 36.4 Å². The van der Waals surface area contributed by atoms with Crippen molar-refractivity contribution in [2.75, 3.05) is 16.2 Å². The van der Waals surface area contributed by atoms with Crippen molar-refractivity contribution in [3.05, 3.63) is 90.2 Å². The average molecular weight is 398 g/mol. The highest BCUT2D eigenvalue weighted by molar-refractivity contribution is 7.92. The zero-order chi connectivity index (χ0) is 20.1. The number of aryl methyl sites for hydroxylation is 1. The highest BCUT2D eigenvalue weighted by Gasteiger charge is 2.27. The minimum Gasteiger partial charge on any atom is -0.324 e. The number of rotatable bonds is 6. The van der Waals surface area contributed by atoms with E-state index in [0.717, 1.165) is 22.0 Å². The smallest absolute Gasteiger partial charge is 0.264 e. The van der Waals surface area contributed by atoms with Crippen molar-refractivity contribution in [1.29, 1.82) is 0 Å². The molecule has 0 aliphatic carbocycles. The third-order valence-electron chi connectivity index (χ3n) is 4.15. The summed E-state index contributed by atoms with van der Waals surface area (Å²) in [5.74, 6) is -0.997. The molecule has 0 spiro atoms. The zero-order valence-corrected chi connectivity index (χ0v) is 16.0. The fraction of sp³-hybridized carbons (Fsp3) is 0.0952. The van der Waals surface area contributed by atoms with Gasteiger partial charge in [-0.25, -0.2) is 12.8 Å². The summed E-state index contributed by atoms with van der Waals surface area (Å²) in [6, 6.07) is 20.0. The molecule has 0 unspecified atom stereocenters. The monoisotopic (exact) mass is 398 g/mol. The molecule has 0 aliphatic rings. The molecule has 1 N–H and O–H groups in total. The molecule has 0 aliphatic heterocycles. The van der Waals surface area contributed by atoms with Crippen LogP contribution in [0.4, 0.5) is 15.8 Å². The number of benzene rings is 3. The Kier molecular flexibility index (Phi) is 5.75. The lowest BCUT2D eigenvalue weighted by molar-refractivity contribution is -0.114. The van der Waals surface area contributed by atoms with Crippen LogP contribution < -0.4 is 9.62 Å². The van der Waals surface area contributed by atoms with E-state index in [1.165, 1.54) is 24.3 Å². The standard InChI is InChI=1S/C21H19FN2O3S/c1-16-7-5-6-10-20(16)23-21(25)15-24(18-13-11-17(22)12-14-18)28(26,27)19-8-3-2-4-9-19/h2-14H,15H2,1H3,(H,23,25). The molecule has 0 bridgehead atoms. The molecule has 144 valence electrons. The number of nitrogens with zero attached hydrogens (tertiary/aromatic N) is 1. The maximum Gasteiger partial charge on any atom is 0.264 e. The van der Waals surface area contributed by atoms with Crippen LogP contribution in [0.15, 0.2) is 83.8 Å². The molecule has 0 aromatic heterocycles. The van der Waals surface area contributed by atoms with Crippen molar-refractivity contribution in [2.45, 2.75) is 11.8 Å². The Balaban J connectivity index is 1.94. The Morgan fingerprint density at radius 1 is 0.929 bits per heavy atom. The predicted octanol–water partition coefficient (Wildman–Crippen LogP) is 3.97. The summed E-state index contributed by atoms with van der Waals surface area (Å²) in [6.07, 6.45) is 0. The highest BCUT2D eigenvalue weighted by atomic mass is 32.2. The molecule has 0 heterocycles. The number of amides is 1. The topological polar surface area (TPSA) is 66.5 Å². The van der Waals surface area contributed by atoms with Crippen LogP contribution in [-0.4, -0.2) is 20.9 Å². The molecule has 3 aromatic rings. The number of para-hydroxylation sites is 1. The van der Waals surface area contributed by atoms with Crippen LogP contribution in [-0.2, 0) is 14.8 Å². The summed E-state index contributed by atoms with van der Waals surface area (Å²) in [4.78, 5) is 12.6. The van der Waals surface area contributed by atoms with Crippen LogP contribution in [0.3, 0.4) is 0 Å². The maximum atomic E-state index is 13.3. The number of carbonyl (C=O) groups excluding carboxylic acids is 1. The van der Waals surface area contributed by atoms with Gasteiger partial charge < -0.3 is 5.32 Å². The second-order valence-corrected chi connectivity index (χ2v) is 8.03. The molecule has 1 amide bonds. The SMILES string of the molecule is Cc1ccccc1NC(=O)CN(c1ccc(F)cc1)S(=O)(=O)c1ccccc1. The number of halogens is 1. The Morgan fingerprint density at radius 2 is 1.54 bits per heavy atom. The zero-order valence-electron chi connectivity index (χ0n) is 15.2. The number of nitrogens with one attached hydrogen (secondary N) is 1. The highest BCUT2D eigenvalue weighted by Crippen LogP contribution is 2.24. The first-order valence-corrected chi connectivity index (χ1v) is 10.0. The van der Waals surface area contributed by atoms with E-state index in [1.54, 1.807) is 30.3 Å². The van der Waals surface area contributed by atoms with E-state index in [1.807, 2.05) is 19.1 Å². The van der Waals surface area contributed by atoms with Crippen LogP contribution in [0, 0.1) is 12.7 Å². The molecular formula is C21H19FN2O3S. The lowest BCUT2D eigenvalue weighted by Crippen LogP contribution is -2.38. The van der Waals surface area contributed by atoms with Gasteiger partial charge in [0, 0.05) is 5.69 Å². The van der Waals surface area contributed by atoms with Crippen molar-refractivity contribution in [3.8, 4) is 0 Å². The lowest BCUT2D eigenvalue weighted by Gasteiger charge is -2.24. The van der Waals surface area contributed by atoms with Crippen molar-refractivity contribution in [2.24, 2.45) is 0 Å². The van der Waals surface area contributed by atoms with Crippen molar-refractivity contribution in [1.82, 2.24) is 0 Å². The van der Waals surface area contributed by atoms with Gasteiger partial charge >= 0.3 is 0 Å². The van der Waals surface area contributed by atoms with Crippen LogP contribution in [0.5, 0.6) is 0 Å². The van der Waals surface area contributed by atoms with Gasteiger partial charge in [0.25, 0.3) is 10.0 Å². The van der Waals surface area contributed by atoms with Crippen LogP contribution in [0.2, 0.25) is 0 Å². The second kappa shape index (κ2) is 8.22. The second-order valence-electron chi connectivity index (χ2n) is 6.16. The molecule has 28 heavy (non-hydrogen) atoms. The van der Waals surface area contributed by atoms with E-state index in [-0.39, 0.29) is 10.6 Å². The first-order chi connectivity index (χ1) is 13.4. The fourth-order valence-electron chi connectivity index (χ4n) is 2.68. The van der Waals surface area contributed by atoms with E-state index >= 15 is 0 Å². The van der Waals surface area contributed by atoms with Crippen LogP contribution in [0.25, 0.3) is 0 Å². The van der Waals surface area contributed by atoms with Gasteiger partial charge in [-0.2, -0.15) is 0 Å². The Morgan fingerprint density at radius 3 is 2.18 bits per heavy atom. The van der Waals surface area contributed by atoms with Gasteiger partial charge in [0.1, 0.15) is 12.4 Å². The van der Waals surface area contributed by atoms with Gasteiger partial charge in [-0.05, 0) is 55.0 Å². The fourth-order valence-corrected chi connectivity index (χ4v) is 4.12. The van der Waals surface area contributed by atoms with Crippen LogP contribution in [0.1, 0.15) is 5.56 Å². The van der Waals surface area contributed by atoms with E-state index in [4.69, 9.17) is 0 Å². The predicted molar refractivity (Wildman–Crippen MR) is 107 cm³/mol. The Labute approximate surface area is 163 Å². The number of hydrogen-bond donors (Lipinski definition) is 1. The summed E-state index contributed by atoms with van der Waals surface area (Å²) < 4.78 is 40.5. The molecule has 0 atom stereocenters. The first-order valence-electron chi connectivity index (χ1n) is 8.57. The Bertz CT molecular complexity index is 1070. The quantitative estimate of drug-likeness (QED) is 0.683. The first kappa shape index (κ1) is 19.6. The summed E-state index contributed by atoms with van der Waals surface area (Å²) in [6.45, 7) is 1.39. The van der Waals surface area contributed by atoms with Gasteiger partial charge in [-0.3, -0.25) is 9.10 Å². The lowest BCUT2D eigenvalue weighted by atomic mass is 10.2. The Hall–Kier alpha value is -3.19. The molecular weight excluding hydrogens is 379 g/mol. The van der Waals surface area contributed by atoms with E-state index < -0.39 is 28.3 Å². The number of carbonyl (C=O) groups is 1. The minimum absolute atomic E-state index is 0.0445. The van der Waals surface area contributed by atoms with E-state index in [2.05, 4.69) is 5.32 Å². The minimum atomic E-state index is -4.01. The van der Waals surface area contributed by atoms with Crippen molar-refractivity contribution < 1.29 is 17.6 Å². The van der Waals surface area contributed by atoms with Gasteiger partial charge in [0.15, 0.2) is 0 Å². The summed E-state index contributed by atoms with van der Waals surface area (Å²) in [7, 11) is -4.01. The summed E-state index contributed by atoms with van der Waals surface area (Å²) in [5.41, 5.74) is 1.66. The number of anilines is 2. The third-order valence-corrected chi connectivity index (χ3v) is 5.94. The van der Waals surface area contributed by atoms with Gasteiger partial charge in [0.2, 0.25) is 5.91 Å². The number of hydrogen-bond acceptors (Lipinski definition) is 3. The molecule has 0 radical (unpaired) electrons. The van der Waals surface area contributed by atoms with Crippen molar-refractivity contribution in [3.63, 3.8) is 0 Å². The largest absolute Gasteiger partial charge is 0.324 e. The van der Waals surface area contributed by atoms with Gasteiger partial charge in [0.05, 0.1) is 10.6 Å². The van der Waals surface area contributed by atoms with E-state index in [0.29, 0.717) is 5.69 Å². The molecule has 7 heteroatoms. The molecule has 5 nitrogen and oxygen atoms in total. The average Bonchev–Trinajstić information content (AvgIpc) is 2.69. The summed E-state index contributed by atoms with van der Waals surface area (Å²) >= 11 is 0. The van der Waals surface area contributed by atoms with E-state index in [9.17, 15) is 17.6 Å². The third kappa shape index (κ3) is 4.37. The molecule has 0 fully saturated rings. The number of sulfonamides is 1. The summed E-state index contributed by atoms with van der Waals surface area (Å²) in [5, 5.41) is 2.73. The molecule has 0 saturated carbocycles. The maximum absolute atomic E-state index is 13.3. The van der Waals surface area contributed by atoms with Crippen molar-refractivity contribution >= 4 is 27.3 Å². The molecule has 3 aromatic carbocycles. The van der Waals surface area contributed by atoms with Crippen LogP contribution >= 0.6 is 0 Å². The molecule has 3 rings (SSSR count). The normalized spacial score (nSPS) is 11.1.